The van der Waals surface area contributed by atoms with E-state index in [4.69, 9.17) is 0 Å². The maximum atomic E-state index is 13.6. The number of fused-ring (bicyclic) bond motifs is 3. The number of nitrogens with one attached hydrogen (secondary N) is 1. The van der Waals surface area contributed by atoms with Crippen molar-refractivity contribution in [3.05, 3.63) is 40.4 Å². The largest absolute Gasteiger partial charge is 0.304 e. The number of aromatic nitrogens is 1. The molecular weight excluding hydrogens is 376 g/mol. The number of carbonyl (C=O) groups excluding carboxylic acids is 3. The van der Waals surface area contributed by atoms with Crippen LogP contribution in [-0.2, 0) is 9.59 Å². The standard InChI is InChI=1S/C20H22N4O3S/c1-11(2)23-17(26)14-7-5-6-8-15(14)24-16(25)9-10-20(23,24)18(27)22-19-21-12(3)13(4)28-19/h5-8,11H,9-10H2,1-4H3,(H,21,22,27). The first-order chi connectivity index (χ1) is 13.3. The number of aryl methyl sites for hydroxylation is 2. The average molecular weight is 398 g/mol. The number of benzene rings is 1. The van der Waals surface area contributed by atoms with Crippen molar-refractivity contribution in [3.63, 3.8) is 0 Å². The van der Waals surface area contributed by atoms with Gasteiger partial charge in [-0.15, -0.1) is 11.3 Å². The molecule has 8 heteroatoms. The first-order valence-electron chi connectivity index (χ1n) is 9.28. The third-order valence-electron chi connectivity index (χ3n) is 5.43. The SMILES string of the molecule is Cc1nc(NC(=O)C23CCC(=O)N2c2ccccc2C(=O)N3C(C)C)sc1C. The summed E-state index contributed by atoms with van der Waals surface area (Å²) in [7, 11) is 0. The lowest BCUT2D eigenvalue weighted by Crippen LogP contribution is -2.70. The van der Waals surface area contributed by atoms with Crippen LogP contribution in [0, 0.1) is 13.8 Å². The molecule has 1 fully saturated rings. The summed E-state index contributed by atoms with van der Waals surface area (Å²) >= 11 is 1.38. The molecule has 2 aromatic rings. The highest BCUT2D eigenvalue weighted by molar-refractivity contribution is 7.15. The zero-order valence-corrected chi connectivity index (χ0v) is 17.1. The molecule has 1 unspecified atom stereocenters. The molecule has 4 rings (SSSR count). The molecule has 146 valence electrons. The van der Waals surface area contributed by atoms with Crippen molar-refractivity contribution in [2.45, 2.75) is 52.2 Å². The smallest absolute Gasteiger partial charge is 0.273 e. The van der Waals surface area contributed by atoms with Gasteiger partial charge in [0.05, 0.1) is 16.9 Å². The third kappa shape index (κ3) is 2.47. The molecule has 28 heavy (non-hydrogen) atoms. The molecule has 3 heterocycles. The Morgan fingerprint density at radius 3 is 2.61 bits per heavy atom. The highest BCUT2D eigenvalue weighted by atomic mass is 32.1. The maximum absolute atomic E-state index is 13.6. The second-order valence-corrected chi connectivity index (χ2v) is 8.65. The van der Waals surface area contributed by atoms with Crippen molar-refractivity contribution in [2.24, 2.45) is 0 Å². The van der Waals surface area contributed by atoms with Gasteiger partial charge in [0, 0.05) is 23.8 Å². The molecule has 2 aliphatic heterocycles. The van der Waals surface area contributed by atoms with Gasteiger partial charge in [0.25, 0.3) is 11.8 Å². The second-order valence-electron chi connectivity index (χ2n) is 7.45. The average Bonchev–Trinajstić information content (AvgIpc) is 3.15. The van der Waals surface area contributed by atoms with Crippen molar-refractivity contribution in [3.8, 4) is 0 Å². The minimum atomic E-state index is -1.38. The predicted molar refractivity (Wildman–Crippen MR) is 107 cm³/mol. The number of nitrogens with zero attached hydrogens (tertiary/aromatic N) is 3. The first kappa shape index (κ1) is 18.6. The van der Waals surface area contributed by atoms with Gasteiger partial charge >= 0.3 is 0 Å². The molecule has 1 atom stereocenters. The van der Waals surface area contributed by atoms with Gasteiger partial charge in [0.2, 0.25) is 11.6 Å². The van der Waals surface area contributed by atoms with Gasteiger partial charge in [-0.3, -0.25) is 24.6 Å². The Morgan fingerprint density at radius 2 is 1.96 bits per heavy atom. The molecule has 0 radical (unpaired) electrons. The summed E-state index contributed by atoms with van der Waals surface area (Å²) in [6.45, 7) is 7.54. The van der Waals surface area contributed by atoms with Gasteiger partial charge in [-0.2, -0.15) is 0 Å². The Bertz CT molecular complexity index is 980. The van der Waals surface area contributed by atoms with Gasteiger partial charge in [-0.25, -0.2) is 4.98 Å². The van der Waals surface area contributed by atoms with Crippen LogP contribution in [0.2, 0.25) is 0 Å². The van der Waals surface area contributed by atoms with E-state index >= 15 is 0 Å². The predicted octanol–water partition coefficient (Wildman–Crippen LogP) is 3.09. The highest BCUT2D eigenvalue weighted by Crippen LogP contribution is 2.46. The fourth-order valence-corrected chi connectivity index (χ4v) is 4.94. The van der Waals surface area contributed by atoms with Crippen LogP contribution in [0.3, 0.4) is 0 Å². The lowest BCUT2D eigenvalue weighted by molar-refractivity contribution is -0.129. The van der Waals surface area contributed by atoms with Crippen LogP contribution in [0.5, 0.6) is 0 Å². The quantitative estimate of drug-likeness (QED) is 0.861. The summed E-state index contributed by atoms with van der Waals surface area (Å²) < 4.78 is 0. The van der Waals surface area contributed by atoms with E-state index in [0.717, 1.165) is 10.6 Å². The second kappa shape index (κ2) is 6.41. The molecule has 1 aromatic heterocycles. The fraction of sp³-hybridized carbons (Fsp3) is 0.400. The molecule has 1 aromatic carbocycles. The molecule has 7 nitrogen and oxygen atoms in total. The normalized spacial score (nSPS) is 21.2. The van der Waals surface area contributed by atoms with E-state index in [2.05, 4.69) is 10.3 Å². The minimum absolute atomic E-state index is 0.160. The van der Waals surface area contributed by atoms with Crippen LogP contribution in [-0.4, -0.2) is 39.3 Å². The number of hydrogen-bond donors (Lipinski definition) is 1. The van der Waals surface area contributed by atoms with Gasteiger partial charge in [0.15, 0.2) is 5.13 Å². The van der Waals surface area contributed by atoms with E-state index < -0.39 is 11.6 Å². The summed E-state index contributed by atoms with van der Waals surface area (Å²) in [6, 6.07) is 6.71. The van der Waals surface area contributed by atoms with E-state index in [9.17, 15) is 14.4 Å². The van der Waals surface area contributed by atoms with Crippen LogP contribution in [0.15, 0.2) is 24.3 Å². The lowest BCUT2D eigenvalue weighted by atomic mass is 9.94. The molecule has 0 saturated carbocycles. The third-order valence-corrected chi connectivity index (χ3v) is 6.42. The van der Waals surface area contributed by atoms with E-state index in [0.29, 0.717) is 16.4 Å². The van der Waals surface area contributed by atoms with Crippen LogP contribution in [0.25, 0.3) is 0 Å². The number of para-hydroxylation sites is 1. The Labute approximate surface area is 167 Å². The summed E-state index contributed by atoms with van der Waals surface area (Å²) in [5.41, 5.74) is 0.400. The van der Waals surface area contributed by atoms with Crippen molar-refractivity contribution < 1.29 is 14.4 Å². The monoisotopic (exact) mass is 398 g/mol. The molecule has 0 spiro atoms. The molecular formula is C20H22N4O3S. The van der Waals surface area contributed by atoms with Crippen molar-refractivity contribution in [1.82, 2.24) is 9.88 Å². The number of carbonyl (C=O) groups is 3. The van der Waals surface area contributed by atoms with Crippen LogP contribution in [0.1, 0.15) is 47.6 Å². The molecule has 3 amide bonds. The summed E-state index contributed by atoms with van der Waals surface area (Å²) in [4.78, 5) is 48.2. The van der Waals surface area contributed by atoms with E-state index in [1.807, 2.05) is 27.7 Å². The molecule has 2 aliphatic rings. The Hall–Kier alpha value is -2.74. The van der Waals surface area contributed by atoms with Gasteiger partial charge in [0.1, 0.15) is 0 Å². The van der Waals surface area contributed by atoms with Crippen LogP contribution < -0.4 is 10.2 Å². The molecule has 0 bridgehead atoms. The minimum Gasteiger partial charge on any atom is -0.304 e. The number of anilines is 2. The van der Waals surface area contributed by atoms with E-state index in [1.165, 1.54) is 16.2 Å². The van der Waals surface area contributed by atoms with Gasteiger partial charge < -0.3 is 4.90 Å². The van der Waals surface area contributed by atoms with E-state index in [1.54, 1.807) is 29.2 Å². The van der Waals surface area contributed by atoms with Crippen molar-refractivity contribution in [2.75, 3.05) is 10.2 Å². The maximum Gasteiger partial charge on any atom is 0.273 e. The topological polar surface area (TPSA) is 82.6 Å². The zero-order chi connectivity index (χ0) is 20.2. The van der Waals surface area contributed by atoms with Crippen molar-refractivity contribution >= 4 is 39.9 Å². The van der Waals surface area contributed by atoms with E-state index in [-0.39, 0.29) is 30.7 Å². The van der Waals surface area contributed by atoms with Gasteiger partial charge in [-0.05, 0) is 39.8 Å². The number of hydrogen-bond acceptors (Lipinski definition) is 5. The Morgan fingerprint density at radius 1 is 1.25 bits per heavy atom. The fourth-order valence-electron chi connectivity index (χ4n) is 4.13. The summed E-state index contributed by atoms with van der Waals surface area (Å²) in [5, 5.41) is 3.35. The number of amides is 3. The molecule has 1 saturated heterocycles. The number of thiazole rings is 1. The lowest BCUT2D eigenvalue weighted by Gasteiger charge is -2.50. The summed E-state index contributed by atoms with van der Waals surface area (Å²) in [5.74, 6) is -0.797. The Kier molecular flexibility index (Phi) is 4.26. The summed E-state index contributed by atoms with van der Waals surface area (Å²) in [6.07, 6.45) is 0.452. The first-order valence-corrected chi connectivity index (χ1v) is 10.1. The number of rotatable bonds is 3. The highest BCUT2D eigenvalue weighted by Gasteiger charge is 2.61. The Balaban J connectivity index is 1.86. The zero-order valence-electron chi connectivity index (χ0n) is 16.3. The van der Waals surface area contributed by atoms with Gasteiger partial charge in [-0.1, -0.05) is 12.1 Å². The molecule has 0 aliphatic carbocycles. The molecule has 1 N–H and O–H groups in total. The van der Waals surface area contributed by atoms with Crippen molar-refractivity contribution in [1.29, 1.82) is 0 Å². The van der Waals surface area contributed by atoms with Crippen LogP contribution >= 0.6 is 11.3 Å². The van der Waals surface area contributed by atoms with Crippen LogP contribution in [0.4, 0.5) is 10.8 Å².